The van der Waals surface area contributed by atoms with Gasteiger partial charge in [0.25, 0.3) is 11.5 Å². The molecule has 0 unspecified atom stereocenters. The summed E-state index contributed by atoms with van der Waals surface area (Å²) in [5.41, 5.74) is 4.05. The summed E-state index contributed by atoms with van der Waals surface area (Å²) in [7, 11) is 0. The zero-order valence-corrected chi connectivity index (χ0v) is 19.0. The number of carbonyl (C=O) groups is 1. The Morgan fingerprint density at radius 2 is 1.97 bits per heavy atom. The highest BCUT2D eigenvalue weighted by Crippen LogP contribution is 2.27. The quantitative estimate of drug-likeness (QED) is 0.444. The molecular weight excluding hydrogens is 458 g/mol. The van der Waals surface area contributed by atoms with Crippen molar-refractivity contribution < 1.29 is 4.79 Å². The zero-order valence-electron chi connectivity index (χ0n) is 17.4. The highest BCUT2D eigenvalue weighted by Gasteiger charge is 2.18. The van der Waals surface area contributed by atoms with Gasteiger partial charge in [0.1, 0.15) is 0 Å². The van der Waals surface area contributed by atoms with Gasteiger partial charge < -0.3 is 10.3 Å². The van der Waals surface area contributed by atoms with Gasteiger partial charge in [-0.05, 0) is 62.2 Å². The number of rotatable bonds is 5. The van der Waals surface area contributed by atoms with Gasteiger partial charge in [0.15, 0.2) is 0 Å². The fourth-order valence-corrected chi connectivity index (χ4v) is 4.10. The molecule has 7 nitrogen and oxygen atoms in total. The monoisotopic (exact) mass is 479 g/mol. The Morgan fingerprint density at radius 1 is 1.23 bits per heavy atom. The maximum Gasteiger partial charge on any atom is 0.253 e. The van der Waals surface area contributed by atoms with Crippen LogP contribution in [0, 0.1) is 6.92 Å². The summed E-state index contributed by atoms with van der Waals surface area (Å²) in [4.78, 5) is 32.6. The van der Waals surface area contributed by atoms with Gasteiger partial charge in [-0.2, -0.15) is 5.10 Å². The van der Waals surface area contributed by atoms with E-state index in [1.165, 1.54) is 0 Å². The number of hydrogen-bond acceptors (Lipinski definition) is 4. The molecule has 0 aliphatic heterocycles. The molecule has 0 atom stereocenters. The van der Waals surface area contributed by atoms with Crippen LogP contribution in [-0.4, -0.2) is 25.7 Å². The number of H-pyrrole nitrogens is 1. The highest BCUT2D eigenvalue weighted by atomic mass is 79.9. The van der Waals surface area contributed by atoms with Gasteiger partial charge in [0.2, 0.25) is 0 Å². The molecule has 1 aromatic carbocycles. The first-order valence-corrected chi connectivity index (χ1v) is 10.7. The van der Waals surface area contributed by atoms with E-state index in [4.69, 9.17) is 0 Å². The summed E-state index contributed by atoms with van der Waals surface area (Å²) in [6.07, 6.45) is 5.06. The molecule has 0 saturated carbocycles. The lowest BCUT2D eigenvalue weighted by atomic mass is 10.0. The minimum atomic E-state index is -0.268. The van der Waals surface area contributed by atoms with Gasteiger partial charge in [-0.3, -0.25) is 19.3 Å². The number of amides is 1. The first-order valence-electron chi connectivity index (χ1n) is 9.93. The first kappa shape index (κ1) is 21.0. The number of hydrogen-bond donors (Lipinski definition) is 2. The fourth-order valence-electron chi connectivity index (χ4n) is 3.66. The van der Waals surface area contributed by atoms with Crippen LogP contribution in [-0.2, 0) is 6.54 Å². The van der Waals surface area contributed by atoms with E-state index in [0.29, 0.717) is 11.1 Å². The predicted molar refractivity (Wildman–Crippen MR) is 124 cm³/mol. The van der Waals surface area contributed by atoms with E-state index >= 15 is 0 Å². The lowest BCUT2D eigenvalue weighted by Gasteiger charge is -2.12. The number of nitrogens with zero attached hydrogens (tertiary/aromatic N) is 3. The molecule has 3 heterocycles. The predicted octanol–water partition coefficient (Wildman–Crippen LogP) is 4.37. The minimum absolute atomic E-state index is 0.0957. The summed E-state index contributed by atoms with van der Waals surface area (Å²) < 4.78 is 2.67. The largest absolute Gasteiger partial charge is 0.348 e. The topological polar surface area (TPSA) is 92.7 Å². The number of halogens is 1. The van der Waals surface area contributed by atoms with Crippen molar-refractivity contribution in [3.8, 4) is 11.1 Å². The van der Waals surface area contributed by atoms with Crippen LogP contribution in [0.25, 0.3) is 22.0 Å². The summed E-state index contributed by atoms with van der Waals surface area (Å²) >= 11 is 3.50. The average Bonchev–Trinajstić information content (AvgIpc) is 3.16. The second-order valence-corrected chi connectivity index (χ2v) is 8.58. The Kier molecular flexibility index (Phi) is 5.73. The lowest BCUT2D eigenvalue weighted by molar-refractivity contribution is 0.0952. The molecule has 8 heteroatoms. The summed E-state index contributed by atoms with van der Waals surface area (Å²) in [6, 6.07) is 9.48. The van der Waals surface area contributed by atoms with E-state index in [9.17, 15) is 9.59 Å². The third kappa shape index (κ3) is 4.16. The SMILES string of the molecule is Cc1cc(-c2ccncc2)c(CNC(=O)c2cc(Br)cc3c2cnn3C(C)C)c(=O)[nH]1. The van der Waals surface area contributed by atoms with Gasteiger partial charge in [0.05, 0.1) is 17.3 Å². The normalized spacial score (nSPS) is 11.3. The van der Waals surface area contributed by atoms with Crippen LogP contribution in [0.4, 0.5) is 0 Å². The van der Waals surface area contributed by atoms with Crippen LogP contribution in [0.2, 0.25) is 0 Å². The van der Waals surface area contributed by atoms with Gasteiger partial charge >= 0.3 is 0 Å². The van der Waals surface area contributed by atoms with Crippen LogP contribution >= 0.6 is 15.9 Å². The maximum absolute atomic E-state index is 13.1. The molecule has 4 rings (SSSR count). The number of aryl methyl sites for hydroxylation is 1. The van der Waals surface area contributed by atoms with Crippen LogP contribution in [0.15, 0.2) is 58.2 Å². The Morgan fingerprint density at radius 3 is 2.68 bits per heavy atom. The molecule has 3 aromatic heterocycles. The Hall–Kier alpha value is -3.26. The summed E-state index contributed by atoms with van der Waals surface area (Å²) in [6.45, 7) is 6.01. The van der Waals surface area contributed by atoms with Crippen molar-refractivity contribution in [3.63, 3.8) is 0 Å². The summed E-state index contributed by atoms with van der Waals surface area (Å²) in [5.74, 6) is -0.268. The van der Waals surface area contributed by atoms with Crippen molar-refractivity contribution >= 4 is 32.7 Å². The van der Waals surface area contributed by atoms with Gasteiger partial charge in [-0.15, -0.1) is 0 Å². The molecule has 0 saturated heterocycles. The third-order valence-electron chi connectivity index (χ3n) is 5.10. The summed E-state index contributed by atoms with van der Waals surface area (Å²) in [5, 5.41) is 8.11. The molecule has 158 valence electrons. The Bertz CT molecular complexity index is 1330. The van der Waals surface area contributed by atoms with Crippen LogP contribution in [0.5, 0.6) is 0 Å². The van der Waals surface area contributed by atoms with E-state index in [0.717, 1.165) is 32.2 Å². The number of nitrogens with one attached hydrogen (secondary N) is 2. The Balaban J connectivity index is 1.69. The smallest absolute Gasteiger partial charge is 0.253 e. The van der Waals surface area contributed by atoms with E-state index < -0.39 is 0 Å². The standard InChI is InChI=1S/C23H22BrN5O2/c1-13(2)29-21-10-16(24)9-18(19(21)12-27-29)22(30)26-11-20-17(8-14(3)28-23(20)31)15-4-6-25-7-5-15/h4-10,12-13H,11H2,1-3H3,(H,26,30)(H,28,31). The van der Waals surface area contributed by atoms with Crippen molar-refractivity contribution in [3.05, 3.63) is 80.6 Å². The van der Waals surface area contributed by atoms with Crippen molar-refractivity contribution in [2.45, 2.75) is 33.4 Å². The number of benzene rings is 1. The molecule has 0 fully saturated rings. The van der Waals surface area contributed by atoms with Crippen molar-refractivity contribution in [2.75, 3.05) is 0 Å². The van der Waals surface area contributed by atoms with E-state index in [2.05, 4.69) is 36.3 Å². The second kappa shape index (κ2) is 8.47. The molecule has 4 aromatic rings. The van der Waals surface area contributed by atoms with Crippen molar-refractivity contribution in [1.29, 1.82) is 0 Å². The van der Waals surface area contributed by atoms with E-state index in [-0.39, 0.29) is 24.1 Å². The number of aromatic amines is 1. The molecule has 0 aliphatic rings. The van der Waals surface area contributed by atoms with Crippen molar-refractivity contribution in [1.82, 2.24) is 25.1 Å². The first-order chi connectivity index (χ1) is 14.8. The van der Waals surface area contributed by atoms with Crippen LogP contribution in [0.3, 0.4) is 0 Å². The van der Waals surface area contributed by atoms with Crippen LogP contribution < -0.4 is 10.9 Å². The third-order valence-corrected chi connectivity index (χ3v) is 5.56. The van der Waals surface area contributed by atoms with Gasteiger partial charge in [-0.25, -0.2) is 0 Å². The molecule has 31 heavy (non-hydrogen) atoms. The second-order valence-electron chi connectivity index (χ2n) is 7.66. The van der Waals surface area contributed by atoms with Gasteiger partial charge in [-0.1, -0.05) is 15.9 Å². The Labute approximate surface area is 187 Å². The fraction of sp³-hybridized carbons (Fsp3) is 0.217. The van der Waals surface area contributed by atoms with Crippen molar-refractivity contribution in [2.24, 2.45) is 0 Å². The average molecular weight is 480 g/mol. The molecule has 0 aliphatic carbocycles. The molecule has 1 amide bonds. The number of fused-ring (bicyclic) bond motifs is 1. The highest BCUT2D eigenvalue weighted by molar-refractivity contribution is 9.10. The van der Waals surface area contributed by atoms with Crippen LogP contribution in [0.1, 0.15) is 41.5 Å². The molecule has 0 bridgehead atoms. The number of pyridine rings is 2. The molecule has 2 N–H and O–H groups in total. The minimum Gasteiger partial charge on any atom is -0.348 e. The van der Waals surface area contributed by atoms with E-state index in [1.807, 2.05) is 49.7 Å². The maximum atomic E-state index is 13.1. The van der Waals surface area contributed by atoms with E-state index in [1.54, 1.807) is 24.7 Å². The molecular formula is C23H22BrN5O2. The van der Waals surface area contributed by atoms with Gasteiger partial charge in [0, 0.05) is 46.1 Å². The number of carbonyl (C=O) groups excluding carboxylic acids is 1. The lowest BCUT2D eigenvalue weighted by Crippen LogP contribution is -2.28. The molecule has 0 spiro atoms. The molecule has 0 radical (unpaired) electrons. The zero-order chi connectivity index (χ0) is 22.1. The number of aromatic nitrogens is 4.